The van der Waals surface area contributed by atoms with Gasteiger partial charge in [-0.3, -0.25) is 9.69 Å². The number of aliphatic imine (C=N–C) groups is 1. The Kier molecular flexibility index (Phi) is 3.77. The molecule has 124 valence electrons. The maximum absolute atomic E-state index is 13.0. The number of hydrogen-bond donors (Lipinski definition) is 3. The molecule has 0 spiro atoms. The number of carbonyl (C=O) groups is 1. The molecule has 0 fully saturated rings. The first-order chi connectivity index (χ1) is 11.4. The maximum atomic E-state index is 13.0. The van der Waals surface area contributed by atoms with Gasteiger partial charge in [0, 0.05) is 7.05 Å². The number of aromatic hydroxyl groups is 1. The maximum Gasteiger partial charge on any atom is 0.266 e. The van der Waals surface area contributed by atoms with Crippen LogP contribution in [-0.4, -0.2) is 34.0 Å². The molecule has 0 saturated heterocycles. The average Bonchev–Trinajstić information content (AvgIpc) is 2.81. The Balaban J connectivity index is 2.26. The van der Waals surface area contributed by atoms with Crippen LogP contribution in [-0.2, 0) is 10.3 Å². The van der Waals surface area contributed by atoms with E-state index in [0.717, 1.165) is 0 Å². The summed E-state index contributed by atoms with van der Waals surface area (Å²) in [4.78, 5) is 18.8. The molecule has 6 heteroatoms. The highest BCUT2D eigenvalue weighted by molar-refractivity contribution is 6.08. The fourth-order valence-electron chi connectivity index (χ4n) is 2.91. The van der Waals surface area contributed by atoms with Crippen LogP contribution in [0.3, 0.4) is 0 Å². The number of carbonyl (C=O) groups excluding carboxylic acids is 1. The van der Waals surface area contributed by atoms with E-state index in [1.807, 2.05) is 0 Å². The van der Waals surface area contributed by atoms with Crippen molar-refractivity contribution < 1.29 is 15.0 Å². The molecular formula is C18H19N3O3. The number of phenols is 1. The van der Waals surface area contributed by atoms with Gasteiger partial charge in [-0.15, -0.1) is 0 Å². The Morgan fingerprint density at radius 1 is 1.17 bits per heavy atom. The lowest BCUT2D eigenvalue weighted by atomic mass is 9.82. The van der Waals surface area contributed by atoms with Crippen LogP contribution in [0.1, 0.15) is 29.7 Å². The molecule has 1 heterocycles. The zero-order valence-electron chi connectivity index (χ0n) is 13.5. The van der Waals surface area contributed by atoms with Gasteiger partial charge in [0.15, 0.2) is 11.5 Å². The lowest BCUT2D eigenvalue weighted by Gasteiger charge is -2.26. The van der Waals surface area contributed by atoms with E-state index in [1.54, 1.807) is 50.4 Å². The van der Waals surface area contributed by atoms with E-state index in [-0.39, 0.29) is 17.6 Å². The van der Waals surface area contributed by atoms with Gasteiger partial charge in [-0.1, -0.05) is 30.3 Å². The van der Waals surface area contributed by atoms with Crippen molar-refractivity contribution in [3.05, 3.63) is 65.2 Å². The van der Waals surface area contributed by atoms with E-state index < -0.39 is 11.6 Å². The van der Waals surface area contributed by atoms with Gasteiger partial charge < -0.3 is 15.9 Å². The Morgan fingerprint density at radius 3 is 2.38 bits per heavy atom. The molecule has 0 saturated carbocycles. The standard InChI is InChI=1S/C18H19N3O3/c1-11(22)12-4-3-5-14(10-12)18(13-6-8-15(23)9-7-13)16(24)21(2)17(19)20-18/h3-11,22-23H,1-2H3,(H2,19,20). The predicted molar refractivity (Wildman–Crippen MR) is 90.4 cm³/mol. The molecule has 1 aliphatic heterocycles. The number of rotatable bonds is 3. The van der Waals surface area contributed by atoms with Crippen LogP contribution in [0.25, 0.3) is 0 Å². The Bertz CT molecular complexity index is 815. The summed E-state index contributed by atoms with van der Waals surface area (Å²) in [6, 6.07) is 13.4. The smallest absolute Gasteiger partial charge is 0.266 e. The third-order valence-electron chi connectivity index (χ3n) is 4.31. The summed E-state index contributed by atoms with van der Waals surface area (Å²) in [6.07, 6.45) is -0.669. The van der Waals surface area contributed by atoms with Gasteiger partial charge in [0.2, 0.25) is 0 Å². The summed E-state index contributed by atoms with van der Waals surface area (Å²) in [6.45, 7) is 1.66. The minimum Gasteiger partial charge on any atom is -0.508 e. The van der Waals surface area contributed by atoms with Gasteiger partial charge in [0.25, 0.3) is 5.91 Å². The highest BCUT2D eigenvalue weighted by Gasteiger charge is 2.49. The summed E-state index contributed by atoms with van der Waals surface area (Å²) in [5, 5.41) is 19.4. The van der Waals surface area contributed by atoms with Gasteiger partial charge >= 0.3 is 0 Å². The number of benzene rings is 2. The summed E-state index contributed by atoms with van der Waals surface area (Å²) < 4.78 is 0. The number of nitrogens with two attached hydrogens (primary N) is 1. The number of likely N-dealkylation sites (N-methyl/N-ethyl adjacent to an activating group) is 1. The van der Waals surface area contributed by atoms with Crippen molar-refractivity contribution in [2.45, 2.75) is 18.6 Å². The van der Waals surface area contributed by atoms with Gasteiger partial charge in [-0.2, -0.15) is 0 Å². The fourth-order valence-corrected chi connectivity index (χ4v) is 2.91. The van der Waals surface area contributed by atoms with E-state index >= 15 is 0 Å². The second-order valence-corrected chi connectivity index (χ2v) is 5.89. The third-order valence-corrected chi connectivity index (χ3v) is 4.31. The van der Waals surface area contributed by atoms with E-state index in [0.29, 0.717) is 16.7 Å². The van der Waals surface area contributed by atoms with Crippen LogP contribution in [0.2, 0.25) is 0 Å². The van der Waals surface area contributed by atoms with Gasteiger partial charge in [-0.25, -0.2) is 4.99 Å². The molecule has 2 unspecified atom stereocenters. The quantitative estimate of drug-likeness (QED) is 0.796. The predicted octanol–water partition coefficient (Wildman–Crippen LogP) is 1.48. The molecule has 2 atom stereocenters. The molecule has 4 N–H and O–H groups in total. The Hall–Kier alpha value is -2.86. The van der Waals surface area contributed by atoms with Crippen LogP contribution >= 0.6 is 0 Å². The minimum atomic E-state index is -1.32. The van der Waals surface area contributed by atoms with Crippen molar-refractivity contribution in [1.82, 2.24) is 4.90 Å². The van der Waals surface area contributed by atoms with Gasteiger partial charge in [-0.05, 0) is 41.8 Å². The third kappa shape index (κ3) is 2.32. The van der Waals surface area contributed by atoms with Crippen molar-refractivity contribution in [1.29, 1.82) is 0 Å². The first kappa shape index (κ1) is 16.0. The summed E-state index contributed by atoms with van der Waals surface area (Å²) in [5.74, 6) is -0.0636. The number of phenolic OH excluding ortho intramolecular Hbond substituents is 1. The second-order valence-electron chi connectivity index (χ2n) is 5.89. The zero-order chi connectivity index (χ0) is 17.5. The van der Waals surface area contributed by atoms with E-state index in [4.69, 9.17) is 5.73 Å². The van der Waals surface area contributed by atoms with E-state index in [9.17, 15) is 15.0 Å². The largest absolute Gasteiger partial charge is 0.508 e. The summed E-state index contributed by atoms with van der Waals surface area (Å²) in [7, 11) is 1.57. The van der Waals surface area contributed by atoms with Crippen molar-refractivity contribution >= 4 is 11.9 Å². The monoisotopic (exact) mass is 325 g/mol. The Morgan fingerprint density at radius 2 is 1.83 bits per heavy atom. The molecule has 0 bridgehead atoms. The van der Waals surface area contributed by atoms with Gasteiger partial charge in [0.05, 0.1) is 6.10 Å². The molecule has 0 radical (unpaired) electrons. The molecule has 1 amide bonds. The van der Waals surface area contributed by atoms with Gasteiger partial charge in [0.1, 0.15) is 5.75 Å². The normalized spacial score (nSPS) is 21.7. The molecule has 2 aromatic carbocycles. The van der Waals surface area contributed by atoms with Crippen molar-refractivity contribution in [3.63, 3.8) is 0 Å². The van der Waals surface area contributed by atoms with Crippen LogP contribution < -0.4 is 5.73 Å². The highest BCUT2D eigenvalue weighted by atomic mass is 16.3. The van der Waals surface area contributed by atoms with Crippen LogP contribution in [0.5, 0.6) is 5.75 Å². The molecule has 6 nitrogen and oxygen atoms in total. The van der Waals surface area contributed by atoms with Crippen molar-refractivity contribution in [2.75, 3.05) is 7.05 Å². The SMILES string of the molecule is CC(O)c1cccc(C2(c3ccc(O)cc3)N=C(N)N(C)C2=O)c1. The van der Waals surface area contributed by atoms with Crippen LogP contribution in [0.15, 0.2) is 53.5 Å². The van der Waals surface area contributed by atoms with E-state index in [1.165, 1.54) is 17.0 Å². The summed E-state index contributed by atoms with van der Waals surface area (Å²) >= 11 is 0. The Labute approximate surface area is 139 Å². The van der Waals surface area contributed by atoms with Crippen molar-refractivity contribution in [2.24, 2.45) is 10.7 Å². The first-order valence-corrected chi connectivity index (χ1v) is 7.58. The molecule has 24 heavy (non-hydrogen) atoms. The number of hydrogen-bond acceptors (Lipinski definition) is 5. The molecule has 2 aromatic rings. The number of amides is 1. The minimum absolute atomic E-state index is 0.0994. The molecular weight excluding hydrogens is 306 g/mol. The average molecular weight is 325 g/mol. The van der Waals surface area contributed by atoms with E-state index in [2.05, 4.69) is 4.99 Å². The second kappa shape index (κ2) is 5.65. The number of aliphatic hydroxyl groups is 1. The van der Waals surface area contributed by atoms with Crippen LogP contribution in [0.4, 0.5) is 0 Å². The lowest BCUT2D eigenvalue weighted by molar-refractivity contribution is -0.129. The molecule has 3 rings (SSSR count). The van der Waals surface area contributed by atoms with Crippen LogP contribution in [0, 0.1) is 0 Å². The summed E-state index contributed by atoms with van der Waals surface area (Å²) in [5.41, 5.74) is 6.48. The number of guanidine groups is 1. The number of nitrogens with zero attached hydrogens (tertiary/aromatic N) is 2. The topological polar surface area (TPSA) is 99.2 Å². The number of aliphatic hydroxyl groups excluding tert-OH is 1. The van der Waals surface area contributed by atoms with Crippen molar-refractivity contribution in [3.8, 4) is 5.75 Å². The fraction of sp³-hybridized carbons (Fsp3) is 0.222. The zero-order valence-corrected chi connectivity index (χ0v) is 13.5. The molecule has 0 aromatic heterocycles. The lowest BCUT2D eigenvalue weighted by Crippen LogP contribution is -2.41. The first-order valence-electron chi connectivity index (χ1n) is 7.58. The highest BCUT2D eigenvalue weighted by Crippen LogP contribution is 2.40. The molecule has 0 aliphatic carbocycles. The molecule has 1 aliphatic rings.